The van der Waals surface area contributed by atoms with Crippen LogP contribution in [0, 0.1) is 0 Å². The van der Waals surface area contributed by atoms with E-state index in [1.54, 1.807) is 6.20 Å². The van der Waals surface area contributed by atoms with Gasteiger partial charge in [0.1, 0.15) is 0 Å². The minimum atomic E-state index is 1.17. The lowest BCUT2D eigenvalue weighted by Gasteiger charge is -2.00. The van der Waals surface area contributed by atoms with Crippen LogP contribution < -0.4 is 0 Å². The minimum absolute atomic E-state index is 1.17. The smallest absolute Gasteiger partial charge is 0.0342 e. The zero-order chi connectivity index (χ0) is 10.5. The van der Waals surface area contributed by atoms with Gasteiger partial charge in [-0.25, -0.2) is 0 Å². The third-order valence-corrected chi connectivity index (χ3v) is 2.30. The van der Waals surface area contributed by atoms with Crippen molar-refractivity contribution in [2.45, 2.75) is 6.92 Å². The lowest BCUT2D eigenvalue weighted by atomic mass is 10.1. The van der Waals surface area contributed by atoms with Crippen LogP contribution in [0.1, 0.15) is 18.1 Å². The van der Waals surface area contributed by atoms with Crippen molar-refractivity contribution in [1.82, 2.24) is 4.98 Å². The Labute approximate surface area is 90.1 Å². The summed E-state index contributed by atoms with van der Waals surface area (Å²) in [5.41, 5.74) is 3.62. The van der Waals surface area contributed by atoms with E-state index in [4.69, 9.17) is 0 Å². The first kappa shape index (κ1) is 9.66. The molecule has 2 aromatic rings. The Balaban J connectivity index is 2.29. The topological polar surface area (TPSA) is 12.9 Å². The van der Waals surface area contributed by atoms with Gasteiger partial charge < -0.3 is 0 Å². The molecule has 1 nitrogen and oxygen atoms in total. The van der Waals surface area contributed by atoms with Gasteiger partial charge in [0.25, 0.3) is 0 Å². The van der Waals surface area contributed by atoms with Gasteiger partial charge in [-0.1, -0.05) is 42.5 Å². The Morgan fingerprint density at radius 3 is 2.53 bits per heavy atom. The molecular formula is C14H13N. The highest BCUT2D eigenvalue weighted by Gasteiger charge is 1.94. The van der Waals surface area contributed by atoms with Crippen LogP contribution in [0.2, 0.25) is 0 Å². The molecule has 0 unspecified atom stereocenters. The van der Waals surface area contributed by atoms with E-state index in [1.807, 2.05) is 30.5 Å². The molecule has 1 aromatic carbocycles. The van der Waals surface area contributed by atoms with Crippen molar-refractivity contribution in [1.29, 1.82) is 0 Å². The summed E-state index contributed by atoms with van der Waals surface area (Å²) in [7, 11) is 0. The Hall–Kier alpha value is -1.89. The number of hydrogen-bond donors (Lipinski definition) is 0. The third-order valence-electron chi connectivity index (χ3n) is 2.30. The summed E-state index contributed by atoms with van der Waals surface area (Å²) in [6.45, 7) is 2.10. The van der Waals surface area contributed by atoms with Gasteiger partial charge in [-0.2, -0.15) is 0 Å². The van der Waals surface area contributed by atoms with E-state index in [0.717, 1.165) is 0 Å². The second kappa shape index (κ2) is 4.56. The number of rotatable bonds is 2. The summed E-state index contributed by atoms with van der Waals surface area (Å²) in [5.74, 6) is 0. The van der Waals surface area contributed by atoms with E-state index in [2.05, 4.69) is 36.2 Å². The maximum Gasteiger partial charge on any atom is 0.0342 e. The van der Waals surface area contributed by atoms with Crippen LogP contribution in [-0.2, 0) is 0 Å². The summed E-state index contributed by atoms with van der Waals surface area (Å²) < 4.78 is 0. The van der Waals surface area contributed by atoms with Crippen LogP contribution in [-0.4, -0.2) is 4.98 Å². The molecule has 1 heteroatoms. The monoisotopic (exact) mass is 195 g/mol. The average Bonchev–Trinajstić information content (AvgIpc) is 2.31. The molecule has 0 atom stereocenters. The molecule has 0 spiro atoms. The maximum absolute atomic E-state index is 4.11. The fourth-order valence-corrected chi connectivity index (χ4v) is 1.48. The van der Waals surface area contributed by atoms with Gasteiger partial charge in [0.2, 0.25) is 0 Å². The molecule has 0 saturated heterocycles. The highest BCUT2D eigenvalue weighted by molar-refractivity contribution is 5.79. The molecular weight excluding hydrogens is 182 g/mol. The molecule has 0 N–H and O–H groups in total. The zero-order valence-electron chi connectivity index (χ0n) is 8.72. The standard InChI is InChI=1S/C14H13N/c1-12(14-8-5-9-15-11-14)10-13-6-3-2-4-7-13/h2-11H,1H3/b12-10-. The van der Waals surface area contributed by atoms with Gasteiger partial charge in [0.05, 0.1) is 0 Å². The molecule has 0 amide bonds. The summed E-state index contributed by atoms with van der Waals surface area (Å²) in [4.78, 5) is 4.11. The van der Waals surface area contributed by atoms with Gasteiger partial charge in [-0.15, -0.1) is 0 Å². The fourth-order valence-electron chi connectivity index (χ4n) is 1.48. The Bertz CT molecular complexity index is 443. The van der Waals surface area contributed by atoms with Crippen LogP contribution in [0.15, 0.2) is 54.9 Å². The Kier molecular flexibility index (Phi) is 2.93. The summed E-state index contributed by atoms with van der Waals surface area (Å²) >= 11 is 0. The molecule has 0 fully saturated rings. The van der Waals surface area contributed by atoms with E-state index < -0.39 is 0 Å². The molecule has 15 heavy (non-hydrogen) atoms. The highest BCUT2D eigenvalue weighted by atomic mass is 14.6. The maximum atomic E-state index is 4.11. The van der Waals surface area contributed by atoms with E-state index >= 15 is 0 Å². The normalized spacial score (nSPS) is 11.4. The van der Waals surface area contributed by atoms with Gasteiger partial charge in [-0.05, 0) is 29.7 Å². The van der Waals surface area contributed by atoms with Crippen LogP contribution in [0.3, 0.4) is 0 Å². The van der Waals surface area contributed by atoms with E-state index in [1.165, 1.54) is 16.7 Å². The van der Waals surface area contributed by atoms with Gasteiger partial charge in [-0.3, -0.25) is 4.98 Å². The van der Waals surface area contributed by atoms with Crippen LogP contribution >= 0.6 is 0 Å². The lowest BCUT2D eigenvalue weighted by molar-refractivity contribution is 1.31. The lowest BCUT2D eigenvalue weighted by Crippen LogP contribution is -1.80. The Morgan fingerprint density at radius 2 is 1.87 bits per heavy atom. The number of benzene rings is 1. The minimum Gasteiger partial charge on any atom is -0.264 e. The first-order chi connectivity index (χ1) is 7.36. The average molecular weight is 195 g/mol. The number of pyridine rings is 1. The first-order valence-electron chi connectivity index (χ1n) is 5.00. The summed E-state index contributed by atoms with van der Waals surface area (Å²) in [6, 6.07) is 14.3. The number of aromatic nitrogens is 1. The van der Waals surface area contributed by atoms with Crippen molar-refractivity contribution in [3.63, 3.8) is 0 Å². The first-order valence-corrected chi connectivity index (χ1v) is 5.00. The molecule has 0 aliphatic heterocycles. The van der Waals surface area contributed by atoms with Crippen molar-refractivity contribution < 1.29 is 0 Å². The molecule has 0 radical (unpaired) electrons. The second-order valence-electron chi connectivity index (χ2n) is 3.48. The molecule has 1 heterocycles. The van der Waals surface area contributed by atoms with Crippen molar-refractivity contribution in [2.24, 2.45) is 0 Å². The molecule has 0 saturated carbocycles. The summed E-state index contributed by atoms with van der Waals surface area (Å²) in [5, 5.41) is 0. The predicted molar refractivity (Wildman–Crippen MR) is 64.2 cm³/mol. The van der Waals surface area contributed by atoms with Gasteiger partial charge >= 0.3 is 0 Å². The van der Waals surface area contributed by atoms with Crippen molar-refractivity contribution in [3.8, 4) is 0 Å². The summed E-state index contributed by atoms with van der Waals surface area (Å²) in [6.07, 6.45) is 5.84. The molecule has 0 aliphatic carbocycles. The van der Waals surface area contributed by atoms with Crippen molar-refractivity contribution in [3.05, 3.63) is 66.0 Å². The SMILES string of the molecule is C/C(=C/c1ccccc1)c1cccnc1. The fraction of sp³-hybridized carbons (Fsp3) is 0.0714. The largest absolute Gasteiger partial charge is 0.264 e. The highest BCUT2D eigenvalue weighted by Crippen LogP contribution is 2.15. The van der Waals surface area contributed by atoms with Crippen molar-refractivity contribution >= 4 is 11.6 Å². The van der Waals surface area contributed by atoms with E-state index in [9.17, 15) is 0 Å². The Morgan fingerprint density at radius 1 is 1.07 bits per heavy atom. The molecule has 74 valence electrons. The number of nitrogens with zero attached hydrogens (tertiary/aromatic N) is 1. The van der Waals surface area contributed by atoms with E-state index in [-0.39, 0.29) is 0 Å². The zero-order valence-corrected chi connectivity index (χ0v) is 8.72. The number of hydrogen-bond acceptors (Lipinski definition) is 1. The van der Waals surface area contributed by atoms with E-state index in [0.29, 0.717) is 0 Å². The van der Waals surface area contributed by atoms with Crippen LogP contribution in [0.4, 0.5) is 0 Å². The van der Waals surface area contributed by atoms with Crippen molar-refractivity contribution in [2.75, 3.05) is 0 Å². The molecule has 0 aliphatic rings. The quantitative estimate of drug-likeness (QED) is 0.712. The molecule has 2 rings (SSSR count). The van der Waals surface area contributed by atoms with Gasteiger partial charge in [0.15, 0.2) is 0 Å². The second-order valence-corrected chi connectivity index (χ2v) is 3.48. The van der Waals surface area contributed by atoms with Crippen LogP contribution in [0.25, 0.3) is 11.6 Å². The molecule has 1 aromatic heterocycles. The van der Waals surface area contributed by atoms with Crippen LogP contribution in [0.5, 0.6) is 0 Å². The third kappa shape index (κ3) is 2.53. The number of allylic oxidation sites excluding steroid dienone is 1. The van der Waals surface area contributed by atoms with Gasteiger partial charge in [0, 0.05) is 12.4 Å². The predicted octanol–water partition coefficient (Wildman–Crippen LogP) is 3.64. The molecule has 0 bridgehead atoms.